The van der Waals surface area contributed by atoms with E-state index < -0.39 is 18.5 Å². The Hall–Kier alpha value is -3.19. The largest absolute Gasteiger partial charge is 0.456 e. The number of nitrogens with one attached hydrogen (secondary N) is 1. The molecule has 0 spiro atoms. The van der Waals surface area contributed by atoms with E-state index in [2.05, 4.69) is 10.3 Å². The van der Waals surface area contributed by atoms with Crippen LogP contribution in [0.5, 0.6) is 0 Å². The summed E-state index contributed by atoms with van der Waals surface area (Å²) < 4.78 is 6.43. The van der Waals surface area contributed by atoms with Crippen molar-refractivity contribution in [3.05, 3.63) is 69.2 Å². The number of para-hydroxylation sites is 1. The number of fused-ring (bicyclic) bond motifs is 1. The highest BCUT2D eigenvalue weighted by Gasteiger charge is 2.13. The normalized spacial score (nSPS) is 10.7. The summed E-state index contributed by atoms with van der Waals surface area (Å²) in [5.74, 6) is -0.570. The fourth-order valence-electron chi connectivity index (χ4n) is 2.83. The second-order valence-corrected chi connectivity index (χ2v) is 7.01. The smallest absolute Gasteiger partial charge is 0.306 e. The average Bonchev–Trinajstić information content (AvgIpc) is 2.70. The van der Waals surface area contributed by atoms with Crippen LogP contribution in [0, 0.1) is 6.92 Å². The third kappa shape index (κ3) is 5.00. The Morgan fingerprint density at radius 3 is 2.72 bits per heavy atom. The molecule has 8 heteroatoms. The van der Waals surface area contributed by atoms with Crippen LogP contribution in [0.25, 0.3) is 10.9 Å². The highest BCUT2D eigenvalue weighted by atomic mass is 35.5. The average molecular weight is 414 g/mol. The van der Waals surface area contributed by atoms with Gasteiger partial charge < -0.3 is 10.1 Å². The zero-order valence-corrected chi connectivity index (χ0v) is 16.8. The minimum atomic E-state index is -0.558. The number of amides is 1. The summed E-state index contributed by atoms with van der Waals surface area (Å²) >= 11 is 6.07. The lowest BCUT2D eigenvalue weighted by molar-refractivity contribution is -0.147. The number of halogens is 1. The number of carbonyl (C=O) groups is 2. The van der Waals surface area contributed by atoms with Crippen LogP contribution in [0.2, 0.25) is 5.02 Å². The van der Waals surface area contributed by atoms with Crippen molar-refractivity contribution in [1.29, 1.82) is 0 Å². The topological polar surface area (TPSA) is 90.3 Å². The molecular weight excluding hydrogens is 394 g/mol. The first-order valence-corrected chi connectivity index (χ1v) is 9.39. The predicted octanol–water partition coefficient (Wildman–Crippen LogP) is 3.01. The Balaban J connectivity index is 1.55. The maximum absolute atomic E-state index is 12.4. The summed E-state index contributed by atoms with van der Waals surface area (Å²) in [5.41, 5.74) is 1.83. The summed E-state index contributed by atoms with van der Waals surface area (Å²) in [5, 5.41) is 3.53. The van der Waals surface area contributed by atoms with E-state index in [1.807, 2.05) is 13.0 Å². The molecule has 2 aromatic carbocycles. The fourth-order valence-corrected chi connectivity index (χ4v) is 3.11. The summed E-state index contributed by atoms with van der Waals surface area (Å²) in [6, 6.07) is 12.3. The maximum atomic E-state index is 12.4. The van der Waals surface area contributed by atoms with E-state index in [0.717, 1.165) is 5.56 Å². The lowest BCUT2D eigenvalue weighted by Gasteiger charge is -2.10. The van der Waals surface area contributed by atoms with Gasteiger partial charge in [0.2, 0.25) is 0 Å². The number of hydrogen-bond acceptors (Lipinski definition) is 5. The van der Waals surface area contributed by atoms with Gasteiger partial charge in [0.15, 0.2) is 6.61 Å². The number of esters is 1. The van der Waals surface area contributed by atoms with Crippen LogP contribution in [0.4, 0.5) is 5.69 Å². The predicted molar refractivity (Wildman–Crippen MR) is 111 cm³/mol. The molecule has 3 rings (SSSR count). The number of aromatic nitrogens is 2. The molecule has 150 valence electrons. The number of rotatable bonds is 6. The molecule has 0 radical (unpaired) electrons. The number of ether oxygens (including phenoxy) is 1. The van der Waals surface area contributed by atoms with E-state index in [0.29, 0.717) is 27.4 Å². The Morgan fingerprint density at radius 2 is 1.97 bits per heavy atom. The van der Waals surface area contributed by atoms with E-state index in [1.54, 1.807) is 43.4 Å². The molecule has 29 heavy (non-hydrogen) atoms. The molecule has 1 amide bonds. The first-order chi connectivity index (χ1) is 13.8. The summed E-state index contributed by atoms with van der Waals surface area (Å²) in [4.78, 5) is 40.8. The van der Waals surface area contributed by atoms with Gasteiger partial charge in [-0.3, -0.25) is 19.0 Å². The Kier molecular flexibility index (Phi) is 6.29. The molecule has 0 aliphatic rings. The minimum Gasteiger partial charge on any atom is -0.456 e. The van der Waals surface area contributed by atoms with E-state index >= 15 is 0 Å². The second kappa shape index (κ2) is 8.87. The summed E-state index contributed by atoms with van der Waals surface area (Å²) in [6.07, 6.45) is 0.220. The van der Waals surface area contributed by atoms with Gasteiger partial charge in [0.25, 0.3) is 11.5 Å². The van der Waals surface area contributed by atoms with Crippen molar-refractivity contribution in [3.63, 3.8) is 0 Å². The maximum Gasteiger partial charge on any atom is 0.306 e. The van der Waals surface area contributed by atoms with Crippen molar-refractivity contribution >= 4 is 40.1 Å². The van der Waals surface area contributed by atoms with Crippen LogP contribution in [-0.2, 0) is 27.8 Å². The van der Waals surface area contributed by atoms with Gasteiger partial charge in [-0.25, -0.2) is 4.98 Å². The van der Waals surface area contributed by atoms with Crippen LogP contribution < -0.4 is 10.9 Å². The minimum absolute atomic E-state index is 0.00279. The second-order valence-electron chi connectivity index (χ2n) is 6.60. The van der Waals surface area contributed by atoms with Crippen LogP contribution >= 0.6 is 11.6 Å². The monoisotopic (exact) mass is 413 g/mol. The molecule has 1 heterocycles. The fraction of sp³-hybridized carbons (Fsp3) is 0.238. The SMILES string of the molecule is Cc1ccc(NC(=O)COC(=O)CCc2nc3ccccc3c(=O)n2C)c(Cl)c1. The van der Waals surface area contributed by atoms with Crippen molar-refractivity contribution in [1.82, 2.24) is 9.55 Å². The number of hydrogen-bond donors (Lipinski definition) is 1. The van der Waals surface area contributed by atoms with Crippen molar-refractivity contribution < 1.29 is 14.3 Å². The number of anilines is 1. The highest BCUT2D eigenvalue weighted by molar-refractivity contribution is 6.33. The zero-order valence-electron chi connectivity index (χ0n) is 16.1. The van der Waals surface area contributed by atoms with Gasteiger partial charge in [0.05, 0.1) is 28.0 Å². The number of aryl methyl sites for hydroxylation is 2. The van der Waals surface area contributed by atoms with Crippen LogP contribution in [0.1, 0.15) is 17.8 Å². The van der Waals surface area contributed by atoms with Crippen LogP contribution in [0.3, 0.4) is 0 Å². The van der Waals surface area contributed by atoms with Crippen LogP contribution in [-0.4, -0.2) is 28.0 Å². The number of benzene rings is 2. The van der Waals surface area contributed by atoms with Gasteiger partial charge in [0, 0.05) is 13.5 Å². The van der Waals surface area contributed by atoms with Gasteiger partial charge in [-0.15, -0.1) is 0 Å². The standard InChI is InChI=1S/C21H20ClN3O4/c1-13-7-8-17(15(22)11-13)24-19(26)12-29-20(27)10-9-18-23-16-6-4-3-5-14(16)21(28)25(18)2/h3-8,11H,9-10,12H2,1-2H3,(H,24,26). The molecule has 1 aromatic heterocycles. The molecule has 0 aliphatic carbocycles. The third-order valence-corrected chi connectivity index (χ3v) is 4.70. The molecule has 0 saturated carbocycles. The molecule has 3 aromatic rings. The van der Waals surface area contributed by atoms with E-state index in [1.165, 1.54) is 4.57 Å². The quantitative estimate of drug-likeness (QED) is 0.627. The Labute approximate surface area is 172 Å². The molecule has 0 bridgehead atoms. The summed E-state index contributed by atoms with van der Waals surface area (Å²) in [7, 11) is 1.61. The van der Waals surface area contributed by atoms with Crippen molar-refractivity contribution in [2.75, 3.05) is 11.9 Å². The lowest BCUT2D eigenvalue weighted by atomic mass is 10.2. The number of carbonyl (C=O) groups excluding carboxylic acids is 2. The summed E-state index contributed by atoms with van der Waals surface area (Å²) in [6.45, 7) is 1.46. The van der Waals surface area contributed by atoms with Gasteiger partial charge in [-0.05, 0) is 36.8 Å². The third-order valence-electron chi connectivity index (χ3n) is 4.39. The first kappa shape index (κ1) is 20.5. The van der Waals surface area contributed by atoms with Crippen molar-refractivity contribution in [3.8, 4) is 0 Å². The Morgan fingerprint density at radius 1 is 1.21 bits per heavy atom. The lowest BCUT2D eigenvalue weighted by Crippen LogP contribution is -2.24. The molecule has 0 aliphatic heterocycles. The van der Waals surface area contributed by atoms with E-state index in [4.69, 9.17) is 16.3 Å². The van der Waals surface area contributed by atoms with Crippen LogP contribution in [0.15, 0.2) is 47.3 Å². The van der Waals surface area contributed by atoms with Crippen molar-refractivity contribution in [2.24, 2.45) is 7.05 Å². The van der Waals surface area contributed by atoms with Gasteiger partial charge in [0.1, 0.15) is 5.82 Å². The first-order valence-electron chi connectivity index (χ1n) is 9.01. The van der Waals surface area contributed by atoms with E-state index in [9.17, 15) is 14.4 Å². The van der Waals surface area contributed by atoms with E-state index in [-0.39, 0.29) is 18.4 Å². The van der Waals surface area contributed by atoms with Gasteiger partial charge in [-0.1, -0.05) is 29.8 Å². The van der Waals surface area contributed by atoms with Crippen molar-refractivity contribution in [2.45, 2.75) is 19.8 Å². The molecule has 7 nitrogen and oxygen atoms in total. The molecule has 0 saturated heterocycles. The van der Waals surface area contributed by atoms with Gasteiger partial charge in [-0.2, -0.15) is 0 Å². The number of nitrogens with zero attached hydrogens (tertiary/aromatic N) is 2. The van der Waals surface area contributed by atoms with Gasteiger partial charge >= 0.3 is 5.97 Å². The molecule has 1 N–H and O–H groups in total. The molecule has 0 unspecified atom stereocenters. The highest BCUT2D eigenvalue weighted by Crippen LogP contribution is 2.22. The molecule has 0 atom stereocenters. The molecular formula is C21H20ClN3O4. The molecule has 0 fully saturated rings. The Bertz CT molecular complexity index is 1140. The zero-order chi connectivity index (χ0) is 21.0.